The number of carbonyl (C=O) groups is 1. The maximum Gasteiger partial charge on any atom is 0.263 e. The summed E-state index contributed by atoms with van der Waals surface area (Å²) in [5, 5.41) is 0.984. The van der Waals surface area contributed by atoms with Crippen molar-refractivity contribution in [1.82, 2.24) is 9.55 Å². The highest BCUT2D eigenvalue weighted by Crippen LogP contribution is 2.33. The molecule has 5 rings (SSSR count). The molecule has 1 amide bonds. The van der Waals surface area contributed by atoms with Gasteiger partial charge in [-0.2, -0.15) is 0 Å². The quantitative estimate of drug-likeness (QED) is 0.355. The molecule has 180 valence electrons. The molecule has 8 heteroatoms. The standard InChI is InChI=1S/C26H31N3O3S2/c1-4-20-16(2)33-23-22(20)25(31)29(15-19-11-8-14-32-19)26(27-23)34-17(3)24(30)28-13-7-10-18-9-5-6-12-21(18)28/h5-6,9,12,17,19H,4,7-8,10-11,13-15H2,1-3H3. The summed E-state index contributed by atoms with van der Waals surface area (Å²) in [6.45, 7) is 8.00. The minimum Gasteiger partial charge on any atom is -0.376 e. The van der Waals surface area contributed by atoms with Crippen molar-refractivity contribution in [1.29, 1.82) is 0 Å². The molecule has 0 N–H and O–H groups in total. The van der Waals surface area contributed by atoms with Gasteiger partial charge in [0.05, 0.1) is 23.3 Å². The van der Waals surface area contributed by atoms with Crippen molar-refractivity contribution in [2.45, 2.75) is 75.9 Å². The Balaban J connectivity index is 1.50. The van der Waals surface area contributed by atoms with Gasteiger partial charge >= 0.3 is 0 Å². The van der Waals surface area contributed by atoms with E-state index in [1.807, 2.05) is 30.0 Å². The molecule has 0 saturated carbocycles. The predicted molar refractivity (Wildman–Crippen MR) is 139 cm³/mol. The lowest BCUT2D eigenvalue weighted by molar-refractivity contribution is -0.117. The highest BCUT2D eigenvalue weighted by atomic mass is 32.2. The van der Waals surface area contributed by atoms with Crippen LogP contribution in [0.5, 0.6) is 0 Å². The average Bonchev–Trinajstić information content (AvgIpc) is 3.47. The fourth-order valence-electron chi connectivity index (χ4n) is 5.09. The summed E-state index contributed by atoms with van der Waals surface area (Å²) >= 11 is 2.97. The monoisotopic (exact) mass is 497 g/mol. The molecule has 2 aromatic heterocycles. The largest absolute Gasteiger partial charge is 0.376 e. The number of carbonyl (C=O) groups excluding carboxylic acids is 1. The maximum atomic E-state index is 13.7. The summed E-state index contributed by atoms with van der Waals surface area (Å²) in [4.78, 5) is 36.0. The van der Waals surface area contributed by atoms with Gasteiger partial charge in [-0.3, -0.25) is 14.2 Å². The highest BCUT2D eigenvalue weighted by Gasteiger charge is 2.29. The molecule has 1 aromatic carbocycles. The Bertz CT molecular complexity index is 1280. The number of nitrogens with zero attached hydrogens (tertiary/aromatic N) is 3. The summed E-state index contributed by atoms with van der Waals surface area (Å²) in [6, 6.07) is 8.15. The molecule has 0 spiro atoms. The molecule has 0 bridgehead atoms. The predicted octanol–water partition coefficient (Wildman–Crippen LogP) is 4.97. The van der Waals surface area contributed by atoms with Gasteiger partial charge in [0.1, 0.15) is 4.83 Å². The molecule has 6 nitrogen and oxygen atoms in total. The second-order valence-electron chi connectivity index (χ2n) is 9.10. The number of anilines is 1. The maximum absolute atomic E-state index is 13.7. The Morgan fingerprint density at radius 3 is 2.91 bits per heavy atom. The lowest BCUT2D eigenvalue weighted by Gasteiger charge is -2.31. The van der Waals surface area contributed by atoms with Crippen LogP contribution in [0.3, 0.4) is 0 Å². The van der Waals surface area contributed by atoms with Crippen LogP contribution >= 0.6 is 23.1 Å². The number of aryl methyl sites for hydroxylation is 3. The zero-order valence-corrected chi connectivity index (χ0v) is 21.6. The number of ether oxygens (including phenoxy) is 1. The van der Waals surface area contributed by atoms with Crippen LogP contribution in [-0.2, 0) is 28.9 Å². The van der Waals surface area contributed by atoms with Crippen LogP contribution < -0.4 is 10.5 Å². The molecular weight excluding hydrogens is 466 g/mol. The highest BCUT2D eigenvalue weighted by molar-refractivity contribution is 8.00. The number of aromatic nitrogens is 2. The van der Waals surface area contributed by atoms with E-state index in [0.29, 0.717) is 11.7 Å². The van der Waals surface area contributed by atoms with Crippen LogP contribution in [0, 0.1) is 6.92 Å². The Morgan fingerprint density at radius 1 is 1.32 bits per heavy atom. The van der Waals surface area contributed by atoms with Gasteiger partial charge < -0.3 is 9.64 Å². The number of fused-ring (bicyclic) bond motifs is 2. The van der Waals surface area contributed by atoms with E-state index < -0.39 is 0 Å². The third-order valence-corrected chi connectivity index (χ3v) is 8.97. The molecule has 3 aromatic rings. The van der Waals surface area contributed by atoms with Gasteiger partial charge in [0.2, 0.25) is 5.91 Å². The Hall–Kier alpha value is -2.16. The van der Waals surface area contributed by atoms with E-state index in [4.69, 9.17) is 9.72 Å². The van der Waals surface area contributed by atoms with Gasteiger partial charge in [0.15, 0.2) is 5.16 Å². The number of rotatable bonds is 6. The van der Waals surface area contributed by atoms with Gasteiger partial charge in [-0.15, -0.1) is 11.3 Å². The van der Waals surface area contributed by atoms with Crippen molar-refractivity contribution >= 4 is 44.9 Å². The van der Waals surface area contributed by atoms with E-state index in [-0.39, 0.29) is 22.8 Å². The smallest absolute Gasteiger partial charge is 0.263 e. The van der Waals surface area contributed by atoms with Crippen molar-refractivity contribution in [3.63, 3.8) is 0 Å². The SMILES string of the molecule is CCc1c(C)sc2nc(SC(C)C(=O)N3CCCc4ccccc43)n(CC3CCCO3)c(=O)c12. The fraction of sp³-hybridized carbons (Fsp3) is 0.500. The number of thiophene rings is 1. The number of hydrogen-bond donors (Lipinski definition) is 0. The number of para-hydroxylation sites is 1. The Kier molecular flexibility index (Phi) is 6.82. The van der Waals surface area contributed by atoms with E-state index in [1.54, 1.807) is 15.9 Å². The fourth-order valence-corrected chi connectivity index (χ4v) is 7.23. The number of amides is 1. The topological polar surface area (TPSA) is 64.4 Å². The van der Waals surface area contributed by atoms with Crippen LogP contribution in [0.2, 0.25) is 0 Å². The normalized spacial score (nSPS) is 18.9. The summed E-state index contributed by atoms with van der Waals surface area (Å²) in [5.41, 5.74) is 3.31. The van der Waals surface area contributed by atoms with Crippen molar-refractivity contribution < 1.29 is 9.53 Å². The first-order valence-electron chi connectivity index (χ1n) is 12.2. The first-order chi connectivity index (χ1) is 16.5. The minimum atomic E-state index is -0.363. The molecule has 0 aliphatic carbocycles. The van der Waals surface area contributed by atoms with Crippen LogP contribution in [-0.4, -0.2) is 40.0 Å². The third kappa shape index (κ3) is 4.32. The van der Waals surface area contributed by atoms with Gasteiger partial charge in [-0.05, 0) is 63.1 Å². The van der Waals surface area contributed by atoms with Crippen molar-refractivity contribution in [3.8, 4) is 0 Å². The van der Waals surface area contributed by atoms with Crippen LogP contribution in [0.25, 0.3) is 10.2 Å². The van der Waals surface area contributed by atoms with Gasteiger partial charge in [0.25, 0.3) is 5.56 Å². The second kappa shape index (κ2) is 9.84. The van der Waals surface area contributed by atoms with Crippen LogP contribution in [0.4, 0.5) is 5.69 Å². The van der Waals surface area contributed by atoms with Gasteiger partial charge in [-0.25, -0.2) is 4.98 Å². The summed E-state index contributed by atoms with van der Waals surface area (Å²) < 4.78 is 7.62. The Morgan fingerprint density at radius 2 is 2.15 bits per heavy atom. The first kappa shape index (κ1) is 23.6. The number of benzene rings is 1. The summed E-state index contributed by atoms with van der Waals surface area (Å²) in [7, 11) is 0. The molecule has 2 aliphatic rings. The lowest BCUT2D eigenvalue weighted by atomic mass is 10.0. The Labute approximate surface area is 208 Å². The van der Waals surface area contributed by atoms with Crippen molar-refractivity contribution in [2.75, 3.05) is 18.1 Å². The molecule has 2 atom stereocenters. The van der Waals surface area contributed by atoms with E-state index in [1.165, 1.54) is 17.3 Å². The molecule has 2 unspecified atom stereocenters. The molecule has 2 aliphatic heterocycles. The van der Waals surface area contributed by atoms with Gasteiger partial charge in [0, 0.05) is 23.7 Å². The van der Waals surface area contributed by atoms with E-state index >= 15 is 0 Å². The molecule has 1 fully saturated rings. The average molecular weight is 498 g/mol. The van der Waals surface area contributed by atoms with E-state index in [0.717, 1.165) is 71.6 Å². The van der Waals surface area contributed by atoms with E-state index in [9.17, 15) is 9.59 Å². The van der Waals surface area contributed by atoms with Crippen molar-refractivity contribution in [2.24, 2.45) is 0 Å². The first-order valence-corrected chi connectivity index (χ1v) is 13.9. The minimum absolute atomic E-state index is 0.00725. The second-order valence-corrected chi connectivity index (χ2v) is 11.6. The molecule has 4 heterocycles. The lowest BCUT2D eigenvalue weighted by Crippen LogP contribution is -2.40. The summed E-state index contributed by atoms with van der Waals surface area (Å²) in [6.07, 6.45) is 4.73. The zero-order chi connectivity index (χ0) is 23.8. The molecule has 0 radical (unpaired) electrons. The number of hydrogen-bond acceptors (Lipinski definition) is 6. The van der Waals surface area contributed by atoms with Crippen LogP contribution in [0.15, 0.2) is 34.2 Å². The molecule has 34 heavy (non-hydrogen) atoms. The molecular formula is C26H31N3O3S2. The van der Waals surface area contributed by atoms with E-state index in [2.05, 4.69) is 19.9 Å². The third-order valence-electron chi connectivity index (χ3n) is 6.85. The summed E-state index contributed by atoms with van der Waals surface area (Å²) in [5.74, 6) is 0.0618. The van der Waals surface area contributed by atoms with Gasteiger partial charge in [-0.1, -0.05) is 36.9 Å². The number of thioether (sulfide) groups is 1. The zero-order valence-electron chi connectivity index (χ0n) is 20.0. The molecule has 1 saturated heterocycles. The van der Waals surface area contributed by atoms with Crippen molar-refractivity contribution in [3.05, 3.63) is 50.6 Å². The van der Waals surface area contributed by atoms with Crippen LogP contribution in [0.1, 0.15) is 49.1 Å².